The molecule has 0 spiro atoms. The maximum atomic E-state index is 9.58. The van der Waals surface area contributed by atoms with Gasteiger partial charge < -0.3 is 10.4 Å². The molecule has 0 amide bonds. The molecular formula is C12H21N3OS2. The Balaban J connectivity index is 1.86. The van der Waals surface area contributed by atoms with Crippen molar-refractivity contribution in [3.63, 3.8) is 0 Å². The minimum Gasteiger partial charge on any atom is -0.394 e. The van der Waals surface area contributed by atoms with Crippen LogP contribution in [0.5, 0.6) is 0 Å². The quantitative estimate of drug-likeness (QED) is 0.753. The fourth-order valence-electron chi connectivity index (χ4n) is 2.06. The Hall–Kier alpha value is -0.170. The monoisotopic (exact) mass is 287 g/mol. The molecule has 0 aliphatic heterocycles. The highest BCUT2D eigenvalue weighted by Gasteiger charge is 2.33. The number of aliphatic hydroxyl groups excluding tert-OH is 1. The van der Waals surface area contributed by atoms with Gasteiger partial charge in [0.15, 0.2) is 4.34 Å². The lowest BCUT2D eigenvalue weighted by Crippen LogP contribution is -2.48. The average molecular weight is 287 g/mol. The van der Waals surface area contributed by atoms with Gasteiger partial charge in [0.1, 0.15) is 5.82 Å². The van der Waals surface area contributed by atoms with Gasteiger partial charge in [-0.15, -0.1) is 0 Å². The van der Waals surface area contributed by atoms with Gasteiger partial charge >= 0.3 is 0 Å². The van der Waals surface area contributed by atoms with Crippen molar-refractivity contribution in [1.29, 1.82) is 0 Å². The van der Waals surface area contributed by atoms with Crippen LogP contribution in [0.3, 0.4) is 0 Å². The molecular weight excluding hydrogens is 266 g/mol. The molecule has 102 valence electrons. The fraction of sp³-hybridized carbons (Fsp3) is 0.833. The maximum absolute atomic E-state index is 9.58. The van der Waals surface area contributed by atoms with Crippen molar-refractivity contribution in [3.8, 4) is 0 Å². The Morgan fingerprint density at radius 2 is 2.33 bits per heavy atom. The van der Waals surface area contributed by atoms with Crippen LogP contribution < -0.4 is 5.32 Å². The molecule has 0 radical (unpaired) electrons. The van der Waals surface area contributed by atoms with Gasteiger partial charge in [0.2, 0.25) is 0 Å². The van der Waals surface area contributed by atoms with E-state index < -0.39 is 0 Å². The smallest absolute Gasteiger partial charge is 0.170 e. The summed E-state index contributed by atoms with van der Waals surface area (Å²) in [5, 5.41) is 13.5. The summed E-state index contributed by atoms with van der Waals surface area (Å²) in [5.41, 5.74) is -0.173. The molecule has 2 N–H and O–H groups in total. The molecule has 6 heteroatoms. The molecule has 1 saturated carbocycles. The highest BCUT2D eigenvalue weighted by atomic mass is 32.2. The molecule has 1 fully saturated rings. The molecule has 1 aliphatic carbocycles. The van der Waals surface area contributed by atoms with Crippen LogP contribution in [0.4, 0.5) is 0 Å². The second-order valence-corrected chi connectivity index (χ2v) is 7.81. The molecule has 2 rings (SSSR count). The Labute approximate surface area is 117 Å². The SMILES string of the molecule is Cc1nsc(SC(C)CC(C)(CO)NC2CC2)n1. The number of hydrogen-bond donors (Lipinski definition) is 2. The third kappa shape index (κ3) is 4.19. The first kappa shape index (κ1) is 14.2. The van der Waals surface area contributed by atoms with Crippen molar-refractivity contribution in [2.75, 3.05) is 6.61 Å². The van der Waals surface area contributed by atoms with E-state index in [2.05, 4.69) is 28.5 Å². The van der Waals surface area contributed by atoms with Crippen molar-refractivity contribution >= 4 is 23.3 Å². The van der Waals surface area contributed by atoms with Crippen LogP contribution >= 0.6 is 23.3 Å². The second-order valence-electron chi connectivity index (χ2n) is 5.38. The number of hydrogen-bond acceptors (Lipinski definition) is 6. The van der Waals surface area contributed by atoms with E-state index in [4.69, 9.17) is 0 Å². The third-order valence-electron chi connectivity index (χ3n) is 3.03. The van der Waals surface area contributed by atoms with Crippen molar-refractivity contribution in [2.24, 2.45) is 0 Å². The molecule has 1 aromatic rings. The Kier molecular flexibility index (Phi) is 4.64. The second kappa shape index (κ2) is 5.86. The van der Waals surface area contributed by atoms with Gasteiger partial charge in [0, 0.05) is 16.8 Å². The van der Waals surface area contributed by atoms with Crippen LogP contribution in [0, 0.1) is 6.92 Å². The number of nitrogens with one attached hydrogen (secondary N) is 1. The molecule has 0 saturated heterocycles. The molecule has 1 heterocycles. The van der Waals surface area contributed by atoms with E-state index in [0.717, 1.165) is 16.6 Å². The highest BCUT2D eigenvalue weighted by Crippen LogP contribution is 2.31. The summed E-state index contributed by atoms with van der Waals surface area (Å²) in [6.45, 7) is 6.39. The summed E-state index contributed by atoms with van der Waals surface area (Å²) in [7, 11) is 0. The van der Waals surface area contributed by atoms with E-state index >= 15 is 0 Å². The molecule has 1 aromatic heterocycles. The summed E-state index contributed by atoms with van der Waals surface area (Å²) < 4.78 is 5.21. The molecule has 18 heavy (non-hydrogen) atoms. The van der Waals surface area contributed by atoms with Gasteiger partial charge in [-0.25, -0.2) is 4.98 Å². The first-order valence-corrected chi connectivity index (χ1v) is 8.01. The van der Waals surface area contributed by atoms with Crippen molar-refractivity contribution in [3.05, 3.63) is 5.82 Å². The normalized spacial score (nSPS) is 20.7. The zero-order valence-electron chi connectivity index (χ0n) is 11.1. The first-order chi connectivity index (χ1) is 8.50. The standard InChI is InChI=1S/C12H21N3OS2/c1-8(17-11-13-9(2)15-18-11)6-12(3,7-16)14-10-4-5-10/h8,10,14,16H,4-7H2,1-3H3. The highest BCUT2D eigenvalue weighted by molar-refractivity contribution is 8.01. The lowest BCUT2D eigenvalue weighted by Gasteiger charge is -2.31. The van der Waals surface area contributed by atoms with Crippen molar-refractivity contribution in [2.45, 2.75) is 61.2 Å². The number of nitrogens with zero attached hydrogens (tertiary/aromatic N) is 2. The molecule has 0 bridgehead atoms. The van der Waals surface area contributed by atoms with E-state index in [1.165, 1.54) is 24.4 Å². The molecule has 1 aliphatic rings. The summed E-state index contributed by atoms with van der Waals surface area (Å²) in [5.74, 6) is 0.843. The summed E-state index contributed by atoms with van der Waals surface area (Å²) in [4.78, 5) is 4.37. The summed E-state index contributed by atoms with van der Waals surface area (Å²) in [6, 6.07) is 0.614. The zero-order valence-corrected chi connectivity index (χ0v) is 12.8. The largest absolute Gasteiger partial charge is 0.394 e. The summed E-state index contributed by atoms with van der Waals surface area (Å²) in [6.07, 6.45) is 3.42. The third-order valence-corrected chi connectivity index (χ3v) is 5.01. The van der Waals surface area contributed by atoms with Gasteiger partial charge in [0.25, 0.3) is 0 Å². The van der Waals surface area contributed by atoms with E-state index in [0.29, 0.717) is 11.3 Å². The minimum absolute atomic E-state index is 0.173. The summed E-state index contributed by atoms with van der Waals surface area (Å²) >= 11 is 3.20. The first-order valence-electron chi connectivity index (χ1n) is 6.36. The Morgan fingerprint density at radius 3 is 2.83 bits per heavy atom. The van der Waals surface area contributed by atoms with Crippen LogP contribution in [-0.4, -0.2) is 37.9 Å². The van der Waals surface area contributed by atoms with Crippen molar-refractivity contribution < 1.29 is 5.11 Å². The molecule has 2 atom stereocenters. The van der Waals surface area contributed by atoms with E-state index in [1.807, 2.05) is 6.92 Å². The van der Waals surface area contributed by atoms with Crippen molar-refractivity contribution in [1.82, 2.24) is 14.7 Å². The Bertz CT molecular complexity index is 394. The minimum atomic E-state index is -0.173. The van der Waals surface area contributed by atoms with Crippen LogP contribution in [-0.2, 0) is 0 Å². The maximum Gasteiger partial charge on any atom is 0.170 e. The van der Waals surface area contributed by atoms with Gasteiger partial charge in [-0.05, 0) is 44.6 Å². The predicted molar refractivity (Wildman–Crippen MR) is 76.2 cm³/mol. The van der Waals surface area contributed by atoms with Gasteiger partial charge in [0.05, 0.1) is 6.61 Å². The van der Waals surface area contributed by atoms with Crippen LogP contribution in [0.2, 0.25) is 0 Å². The zero-order chi connectivity index (χ0) is 13.2. The molecule has 0 aromatic carbocycles. The van der Waals surface area contributed by atoms with Crippen LogP contribution in [0.1, 0.15) is 38.9 Å². The number of thioether (sulfide) groups is 1. The number of aliphatic hydroxyl groups is 1. The lowest BCUT2D eigenvalue weighted by molar-refractivity contribution is 0.164. The van der Waals surface area contributed by atoms with E-state index in [1.54, 1.807) is 11.8 Å². The number of aryl methyl sites for hydroxylation is 1. The van der Waals surface area contributed by atoms with E-state index in [9.17, 15) is 5.11 Å². The van der Waals surface area contributed by atoms with Gasteiger partial charge in [-0.1, -0.05) is 18.7 Å². The topological polar surface area (TPSA) is 58.0 Å². The predicted octanol–water partition coefficient (Wildman–Crippen LogP) is 2.22. The van der Waals surface area contributed by atoms with Crippen LogP contribution in [0.15, 0.2) is 4.34 Å². The van der Waals surface area contributed by atoms with Crippen LogP contribution in [0.25, 0.3) is 0 Å². The number of aromatic nitrogens is 2. The Morgan fingerprint density at radius 1 is 1.61 bits per heavy atom. The molecule has 4 nitrogen and oxygen atoms in total. The van der Waals surface area contributed by atoms with Gasteiger partial charge in [-0.2, -0.15) is 4.37 Å². The average Bonchev–Trinajstić information content (AvgIpc) is 3.00. The van der Waals surface area contributed by atoms with Gasteiger partial charge in [-0.3, -0.25) is 0 Å². The van der Waals surface area contributed by atoms with E-state index in [-0.39, 0.29) is 12.1 Å². The number of rotatable bonds is 7. The molecule has 2 unspecified atom stereocenters. The lowest BCUT2D eigenvalue weighted by atomic mass is 9.97. The fourth-order valence-corrected chi connectivity index (χ4v) is 4.24.